The standard InChI is InChI=1S/C14H21N5O/c1-14(2,9-18(3)4)8-15-13(20)11-6-5-7-12-16-10-17-19(11)12/h5-7,10H,8-9H2,1-4H3,(H,15,20). The van der Waals surface area contributed by atoms with Crippen LogP contribution in [0.15, 0.2) is 24.5 Å². The quantitative estimate of drug-likeness (QED) is 0.886. The summed E-state index contributed by atoms with van der Waals surface area (Å²) >= 11 is 0. The summed E-state index contributed by atoms with van der Waals surface area (Å²) in [6.07, 6.45) is 1.45. The summed E-state index contributed by atoms with van der Waals surface area (Å²) in [5.74, 6) is -0.132. The first-order chi connectivity index (χ1) is 9.39. The molecule has 2 aromatic rings. The Balaban J connectivity index is 2.07. The largest absolute Gasteiger partial charge is 0.350 e. The summed E-state index contributed by atoms with van der Waals surface area (Å²) in [6.45, 7) is 5.77. The normalized spacial score (nSPS) is 12.1. The van der Waals surface area contributed by atoms with E-state index in [4.69, 9.17) is 0 Å². The molecular formula is C14H21N5O. The van der Waals surface area contributed by atoms with Crippen LogP contribution in [0.3, 0.4) is 0 Å². The molecule has 108 valence electrons. The molecule has 0 radical (unpaired) electrons. The van der Waals surface area contributed by atoms with Crippen LogP contribution in [-0.4, -0.2) is 52.6 Å². The molecule has 6 heteroatoms. The molecule has 20 heavy (non-hydrogen) atoms. The molecule has 2 heterocycles. The van der Waals surface area contributed by atoms with Crippen LogP contribution in [0.4, 0.5) is 0 Å². The second kappa shape index (κ2) is 5.58. The average Bonchev–Trinajstić information content (AvgIpc) is 2.82. The topological polar surface area (TPSA) is 62.5 Å². The first kappa shape index (κ1) is 14.5. The van der Waals surface area contributed by atoms with Crippen LogP contribution in [0, 0.1) is 5.41 Å². The first-order valence-electron chi connectivity index (χ1n) is 6.61. The highest BCUT2D eigenvalue weighted by molar-refractivity contribution is 5.93. The summed E-state index contributed by atoms with van der Waals surface area (Å²) in [7, 11) is 4.05. The van der Waals surface area contributed by atoms with Crippen molar-refractivity contribution in [2.24, 2.45) is 5.41 Å². The molecule has 0 fully saturated rings. The highest BCUT2D eigenvalue weighted by atomic mass is 16.2. The van der Waals surface area contributed by atoms with E-state index in [9.17, 15) is 4.79 Å². The molecule has 2 rings (SSSR count). The summed E-state index contributed by atoms with van der Waals surface area (Å²) in [6, 6.07) is 5.37. The van der Waals surface area contributed by atoms with Crippen molar-refractivity contribution < 1.29 is 4.79 Å². The van der Waals surface area contributed by atoms with Crippen molar-refractivity contribution in [3.8, 4) is 0 Å². The van der Waals surface area contributed by atoms with Crippen molar-refractivity contribution in [2.45, 2.75) is 13.8 Å². The number of carbonyl (C=O) groups is 1. The number of hydrogen-bond acceptors (Lipinski definition) is 4. The minimum Gasteiger partial charge on any atom is -0.350 e. The Hall–Kier alpha value is -1.95. The van der Waals surface area contributed by atoms with Gasteiger partial charge < -0.3 is 10.2 Å². The molecule has 0 aliphatic carbocycles. The highest BCUT2D eigenvalue weighted by Crippen LogP contribution is 2.14. The van der Waals surface area contributed by atoms with E-state index in [0.717, 1.165) is 6.54 Å². The predicted octanol–water partition coefficient (Wildman–Crippen LogP) is 1.05. The Morgan fingerprint density at radius 1 is 1.40 bits per heavy atom. The fraction of sp³-hybridized carbons (Fsp3) is 0.500. The van der Waals surface area contributed by atoms with E-state index in [-0.39, 0.29) is 11.3 Å². The van der Waals surface area contributed by atoms with Gasteiger partial charge in [-0.1, -0.05) is 19.9 Å². The lowest BCUT2D eigenvalue weighted by atomic mass is 9.93. The van der Waals surface area contributed by atoms with E-state index in [1.165, 1.54) is 6.33 Å². The van der Waals surface area contributed by atoms with E-state index >= 15 is 0 Å². The van der Waals surface area contributed by atoms with Gasteiger partial charge in [-0.25, -0.2) is 9.50 Å². The number of nitrogens with one attached hydrogen (secondary N) is 1. The fourth-order valence-corrected chi connectivity index (χ4v) is 2.34. The van der Waals surface area contributed by atoms with E-state index in [0.29, 0.717) is 17.9 Å². The van der Waals surface area contributed by atoms with Crippen molar-refractivity contribution in [2.75, 3.05) is 27.2 Å². The number of fused-ring (bicyclic) bond motifs is 1. The lowest BCUT2D eigenvalue weighted by molar-refractivity contribution is 0.0921. The maximum Gasteiger partial charge on any atom is 0.270 e. The van der Waals surface area contributed by atoms with Gasteiger partial charge in [0.2, 0.25) is 0 Å². The maximum absolute atomic E-state index is 12.3. The van der Waals surface area contributed by atoms with Crippen molar-refractivity contribution in [1.29, 1.82) is 0 Å². The second-order valence-corrected chi connectivity index (χ2v) is 6.03. The van der Waals surface area contributed by atoms with Crippen molar-refractivity contribution in [1.82, 2.24) is 24.8 Å². The minimum absolute atomic E-state index is 0.00935. The van der Waals surface area contributed by atoms with E-state index in [1.54, 1.807) is 10.6 Å². The SMILES string of the molecule is CN(C)CC(C)(C)CNC(=O)c1cccc2ncnn12. The van der Waals surface area contributed by atoms with Gasteiger partial charge in [0.1, 0.15) is 12.0 Å². The predicted molar refractivity (Wildman–Crippen MR) is 77.7 cm³/mol. The molecule has 0 unspecified atom stereocenters. The van der Waals surface area contributed by atoms with Gasteiger partial charge in [0.05, 0.1) is 0 Å². The molecule has 0 aliphatic heterocycles. The first-order valence-corrected chi connectivity index (χ1v) is 6.61. The van der Waals surface area contributed by atoms with Crippen molar-refractivity contribution >= 4 is 11.6 Å². The van der Waals surface area contributed by atoms with Gasteiger partial charge in [0.15, 0.2) is 5.65 Å². The third kappa shape index (κ3) is 3.33. The number of hydrogen-bond donors (Lipinski definition) is 1. The summed E-state index contributed by atoms with van der Waals surface area (Å²) in [5, 5.41) is 7.04. The molecule has 2 aromatic heterocycles. The Kier molecular flexibility index (Phi) is 4.04. The molecule has 6 nitrogen and oxygen atoms in total. The van der Waals surface area contributed by atoms with Gasteiger partial charge in [-0.05, 0) is 31.6 Å². The third-order valence-corrected chi connectivity index (χ3v) is 3.01. The molecule has 0 spiro atoms. The number of carbonyl (C=O) groups excluding carboxylic acids is 1. The zero-order valence-corrected chi connectivity index (χ0v) is 12.4. The Morgan fingerprint density at radius 3 is 2.85 bits per heavy atom. The lowest BCUT2D eigenvalue weighted by Gasteiger charge is -2.28. The van der Waals surface area contributed by atoms with E-state index < -0.39 is 0 Å². The monoisotopic (exact) mass is 275 g/mol. The van der Waals surface area contributed by atoms with Crippen LogP contribution < -0.4 is 5.32 Å². The Labute approximate surface area is 118 Å². The maximum atomic E-state index is 12.3. The molecular weight excluding hydrogens is 254 g/mol. The number of rotatable bonds is 5. The van der Waals surface area contributed by atoms with E-state index in [2.05, 4.69) is 34.1 Å². The summed E-state index contributed by atoms with van der Waals surface area (Å²) in [5.41, 5.74) is 1.18. The fourth-order valence-electron chi connectivity index (χ4n) is 2.34. The van der Waals surface area contributed by atoms with Gasteiger partial charge >= 0.3 is 0 Å². The number of aromatic nitrogens is 3. The van der Waals surface area contributed by atoms with Gasteiger partial charge in [0, 0.05) is 13.1 Å². The Bertz CT molecular complexity index is 602. The number of amides is 1. The molecule has 0 saturated carbocycles. The van der Waals surface area contributed by atoms with Gasteiger partial charge in [-0.15, -0.1) is 0 Å². The molecule has 0 aromatic carbocycles. The molecule has 0 atom stereocenters. The number of nitrogens with zero attached hydrogens (tertiary/aromatic N) is 4. The average molecular weight is 275 g/mol. The molecule has 1 amide bonds. The second-order valence-electron chi connectivity index (χ2n) is 6.03. The Morgan fingerprint density at radius 2 is 2.15 bits per heavy atom. The van der Waals surface area contributed by atoms with Crippen molar-refractivity contribution in [3.05, 3.63) is 30.2 Å². The van der Waals surface area contributed by atoms with Crippen molar-refractivity contribution in [3.63, 3.8) is 0 Å². The van der Waals surface area contributed by atoms with Crippen LogP contribution in [0.2, 0.25) is 0 Å². The zero-order valence-electron chi connectivity index (χ0n) is 12.4. The minimum atomic E-state index is -0.132. The van der Waals surface area contributed by atoms with Crippen LogP contribution in [0.1, 0.15) is 24.3 Å². The van der Waals surface area contributed by atoms with Crippen LogP contribution in [-0.2, 0) is 0 Å². The lowest BCUT2D eigenvalue weighted by Crippen LogP contribution is -2.40. The third-order valence-electron chi connectivity index (χ3n) is 3.01. The van der Waals surface area contributed by atoms with Crippen LogP contribution >= 0.6 is 0 Å². The summed E-state index contributed by atoms with van der Waals surface area (Å²) in [4.78, 5) is 18.5. The van der Waals surface area contributed by atoms with Gasteiger partial charge in [0.25, 0.3) is 5.91 Å². The molecule has 0 saturated heterocycles. The zero-order chi connectivity index (χ0) is 14.8. The molecule has 1 N–H and O–H groups in total. The molecule has 0 aliphatic rings. The van der Waals surface area contributed by atoms with E-state index in [1.807, 2.05) is 26.2 Å². The van der Waals surface area contributed by atoms with Crippen LogP contribution in [0.25, 0.3) is 5.65 Å². The smallest absolute Gasteiger partial charge is 0.270 e. The van der Waals surface area contributed by atoms with Crippen LogP contribution in [0.5, 0.6) is 0 Å². The highest BCUT2D eigenvalue weighted by Gasteiger charge is 2.21. The summed E-state index contributed by atoms with van der Waals surface area (Å²) < 4.78 is 1.55. The van der Waals surface area contributed by atoms with Gasteiger partial charge in [-0.3, -0.25) is 4.79 Å². The number of pyridine rings is 1. The van der Waals surface area contributed by atoms with Gasteiger partial charge in [-0.2, -0.15) is 5.10 Å². The molecule has 0 bridgehead atoms.